The topological polar surface area (TPSA) is 3.24 Å². The smallest absolute Gasteiger partial charge is 0.0640 e. The van der Waals surface area contributed by atoms with Gasteiger partial charge in [0.05, 0.1) is 10.4 Å². The second-order valence-corrected chi connectivity index (χ2v) is 14.8. The minimum atomic E-state index is 1.11. The van der Waals surface area contributed by atoms with Gasteiger partial charge in [-0.1, -0.05) is 176 Å². The molecule has 1 nitrogen and oxygen atoms in total. The Balaban J connectivity index is 1.17. The Kier molecular flexibility index (Phi) is 8.09. The van der Waals surface area contributed by atoms with Crippen molar-refractivity contribution in [2.75, 3.05) is 4.90 Å². The van der Waals surface area contributed by atoms with Crippen molar-refractivity contribution >= 4 is 59.3 Å². The van der Waals surface area contributed by atoms with E-state index < -0.39 is 0 Å². The number of fused-ring (bicyclic) bond motifs is 4. The second kappa shape index (κ2) is 13.7. The Morgan fingerprint density at radius 3 is 1.65 bits per heavy atom. The number of rotatable bonds is 7. The highest BCUT2D eigenvalue weighted by molar-refractivity contribution is 7.26. The van der Waals surface area contributed by atoms with E-state index in [0.717, 1.165) is 11.4 Å². The number of hydrogen-bond donors (Lipinski definition) is 0. The van der Waals surface area contributed by atoms with Gasteiger partial charge in [-0.2, -0.15) is 0 Å². The zero-order valence-electron chi connectivity index (χ0n) is 29.6. The molecule has 1 aromatic heterocycles. The first-order valence-electron chi connectivity index (χ1n) is 18.4. The molecule has 0 spiro atoms. The van der Waals surface area contributed by atoms with Crippen molar-refractivity contribution in [2.45, 2.75) is 0 Å². The number of nitrogens with zero attached hydrogens (tertiary/aromatic N) is 1. The van der Waals surface area contributed by atoms with E-state index in [1.54, 1.807) is 0 Å². The fraction of sp³-hybridized carbons (Fsp3) is 0. The predicted octanol–water partition coefficient (Wildman–Crippen LogP) is 15.3. The van der Waals surface area contributed by atoms with Crippen LogP contribution in [0.25, 0.3) is 75.5 Å². The predicted molar refractivity (Wildman–Crippen MR) is 233 cm³/mol. The van der Waals surface area contributed by atoms with E-state index in [9.17, 15) is 0 Å². The van der Waals surface area contributed by atoms with Gasteiger partial charge in [-0.25, -0.2) is 0 Å². The van der Waals surface area contributed by atoms with Crippen LogP contribution in [-0.2, 0) is 0 Å². The van der Waals surface area contributed by atoms with Crippen LogP contribution in [0.5, 0.6) is 0 Å². The van der Waals surface area contributed by atoms with Crippen molar-refractivity contribution in [2.24, 2.45) is 0 Å². The summed E-state index contributed by atoms with van der Waals surface area (Å²) in [5.41, 5.74) is 13.0. The van der Waals surface area contributed by atoms with Gasteiger partial charge in [-0.3, -0.25) is 0 Å². The summed E-state index contributed by atoms with van der Waals surface area (Å²) in [5.74, 6) is 0. The van der Waals surface area contributed by atoms with Crippen molar-refractivity contribution in [3.63, 3.8) is 0 Å². The van der Waals surface area contributed by atoms with E-state index in [-0.39, 0.29) is 0 Å². The number of anilines is 3. The van der Waals surface area contributed by atoms with Crippen molar-refractivity contribution in [1.82, 2.24) is 0 Å². The quantitative estimate of drug-likeness (QED) is 0.160. The van der Waals surface area contributed by atoms with Crippen molar-refractivity contribution in [3.8, 4) is 44.5 Å². The second-order valence-electron chi connectivity index (χ2n) is 13.7. The molecule has 0 fully saturated rings. The largest absolute Gasteiger partial charge is 0.309 e. The molecule has 2 heteroatoms. The Hall–Kier alpha value is -6.74. The summed E-state index contributed by atoms with van der Waals surface area (Å²) in [4.78, 5) is 2.45. The lowest BCUT2D eigenvalue weighted by Gasteiger charge is -2.27. The van der Waals surface area contributed by atoms with Crippen LogP contribution in [0.1, 0.15) is 0 Å². The molecule has 254 valence electrons. The average molecular weight is 706 g/mol. The van der Waals surface area contributed by atoms with Crippen LogP contribution in [-0.4, -0.2) is 0 Å². The first kappa shape index (κ1) is 32.0. The fourth-order valence-electron chi connectivity index (χ4n) is 7.86. The third-order valence-corrected chi connectivity index (χ3v) is 11.7. The zero-order valence-corrected chi connectivity index (χ0v) is 30.4. The standard InChI is InChI=1S/C52H35NS/c1-3-13-36(14-4-1)37-25-27-41(28-26-37)49-35-43(33-34-46(49)38-15-5-2-6-16-38)53(50-23-12-22-48-47-20-9-10-24-51(47)54-52(48)50)42-31-29-40(30-32-42)45-21-11-18-39-17-7-8-19-44(39)45/h1-35H. The van der Waals surface area contributed by atoms with Crippen LogP contribution in [0.2, 0.25) is 0 Å². The van der Waals surface area contributed by atoms with Crippen LogP contribution >= 0.6 is 11.3 Å². The average Bonchev–Trinajstić information content (AvgIpc) is 3.64. The molecule has 10 rings (SSSR count). The van der Waals surface area contributed by atoms with Gasteiger partial charge in [0.1, 0.15) is 0 Å². The van der Waals surface area contributed by atoms with E-state index in [1.165, 1.54) is 81.1 Å². The summed E-state index contributed by atoms with van der Waals surface area (Å²) < 4.78 is 2.57. The Morgan fingerprint density at radius 1 is 0.315 bits per heavy atom. The molecule has 0 saturated heterocycles. The third-order valence-electron chi connectivity index (χ3n) is 10.5. The van der Waals surface area contributed by atoms with E-state index in [0.29, 0.717) is 0 Å². The van der Waals surface area contributed by atoms with Crippen LogP contribution in [0.3, 0.4) is 0 Å². The molecule has 0 N–H and O–H groups in total. The van der Waals surface area contributed by atoms with Gasteiger partial charge in [0.25, 0.3) is 0 Å². The molecule has 0 saturated carbocycles. The number of thiophene rings is 1. The lowest BCUT2D eigenvalue weighted by atomic mass is 9.92. The first-order valence-corrected chi connectivity index (χ1v) is 19.2. The Morgan fingerprint density at radius 2 is 0.852 bits per heavy atom. The minimum Gasteiger partial charge on any atom is -0.309 e. The SMILES string of the molecule is c1ccc(-c2ccc(-c3cc(N(c4ccc(-c5cccc6ccccc56)cc4)c4cccc5c4sc4ccccc45)ccc3-c3ccccc3)cc2)cc1. The molecule has 10 aromatic rings. The fourth-order valence-corrected chi connectivity index (χ4v) is 9.06. The minimum absolute atomic E-state index is 1.11. The molecule has 54 heavy (non-hydrogen) atoms. The van der Waals surface area contributed by atoms with Gasteiger partial charge >= 0.3 is 0 Å². The van der Waals surface area contributed by atoms with Crippen molar-refractivity contribution in [1.29, 1.82) is 0 Å². The summed E-state index contributed by atoms with van der Waals surface area (Å²) in [6.07, 6.45) is 0. The van der Waals surface area contributed by atoms with Gasteiger partial charge in [-0.15, -0.1) is 11.3 Å². The first-order chi connectivity index (χ1) is 26.8. The van der Waals surface area contributed by atoms with E-state index in [1.807, 2.05) is 11.3 Å². The highest BCUT2D eigenvalue weighted by Crippen LogP contribution is 2.47. The van der Waals surface area contributed by atoms with E-state index in [2.05, 4.69) is 217 Å². The van der Waals surface area contributed by atoms with E-state index >= 15 is 0 Å². The van der Waals surface area contributed by atoms with Crippen LogP contribution < -0.4 is 4.90 Å². The molecule has 0 aliphatic rings. The summed E-state index contributed by atoms with van der Waals surface area (Å²) >= 11 is 1.87. The lowest BCUT2D eigenvalue weighted by molar-refractivity contribution is 1.30. The van der Waals surface area contributed by atoms with Crippen LogP contribution in [0, 0.1) is 0 Å². The zero-order chi connectivity index (χ0) is 35.8. The van der Waals surface area contributed by atoms with Gasteiger partial charge in [0, 0.05) is 26.8 Å². The Labute approximate surface area is 319 Å². The van der Waals surface area contributed by atoms with Crippen LogP contribution in [0.4, 0.5) is 17.1 Å². The number of benzene rings is 9. The monoisotopic (exact) mass is 705 g/mol. The highest BCUT2D eigenvalue weighted by Gasteiger charge is 2.20. The normalized spacial score (nSPS) is 11.3. The molecular formula is C52H35NS. The molecule has 0 amide bonds. The lowest BCUT2D eigenvalue weighted by Crippen LogP contribution is -2.10. The molecule has 0 unspecified atom stereocenters. The molecule has 0 aliphatic carbocycles. The van der Waals surface area contributed by atoms with Crippen molar-refractivity contribution in [3.05, 3.63) is 212 Å². The van der Waals surface area contributed by atoms with Gasteiger partial charge in [-0.05, 0) is 91.7 Å². The summed E-state index contributed by atoms with van der Waals surface area (Å²) in [7, 11) is 0. The summed E-state index contributed by atoms with van der Waals surface area (Å²) in [5, 5.41) is 5.09. The van der Waals surface area contributed by atoms with Gasteiger partial charge in [0.2, 0.25) is 0 Å². The number of hydrogen-bond acceptors (Lipinski definition) is 2. The third kappa shape index (κ3) is 5.74. The Bertz CT molecular complexity index is 2900. The van der Waals surface area contributed by atoms with Gasteiger partial charge < -0.3 is 4.90 Å². The maximum absolute atomic E-state index is 2.45. The molecule has 9 aromatic carbocycles. The molecule has 1 heterocycles. The highest BCUT2D eigenvalue weighted by atomic mass is 32.1. The summed E-state index contributed by atoms with van der Waals surface area (Å²) in [6, 6.07) is 77.1. The maximum atomic E-state index is 2.45. The molecule has 0 atom stereocenters. The summed E-state index contributed by atoms with van der Waals surface area (Å²) in [6.45, 7) is 0. The van der Waals surface area contributed by atoms with Crippen molar-refractivity contribution < 1.29 is 0 Å². The maximum Gasteiger partial charge on any atom is 0.0640 e. The molecule has 0 radical (unpaired) electrons. The molecule has 0 aliphatic heterocycles. The van der Waals surface area contributed by atoms with Crippen LogP contribution in [0.15, 0.2) is 212 Å². The van der Waals surface area contributed by atoms with Gasteiger partial charge in [0.15, 0.2) is 0 Å². The molecule has 0 bridgehead atoms. The molecular weight excluding hydrogens is 671 g/mol. The van der Waals surface area contributed by atoms with E-state index in [4.69, 9.17) is 0 Å².